The molecule has 20 heavy (non-hydrogen) atoms. The Kier molecular flexibility index (Phi) is 6.14. The van der Waals surface area contributed by atoms with E-state index in [4.69, 9.17) is 5.11 Å². The van der Waals surface area contributed by atoms with E-state index in [2.05, 4.69) is 0 Å². The summed E-state index contributed by atoms with van der Waals surface area (Å²) in [5.41, 5.74) is 0.696. The topological polar surface area (TPSA) is 86.9 Å². The van der Waals surface area contributed by atoms with Gasteiger partial charge in [-0.15, -0.1) is 0 Å². The summed E-state index contributed by atoms with van der Waals surface area (Å²) in [5, 5.41) is 19.7. The standard InChI is InChI=1S/C12H16IN3O4/c1-14(2)5-6-15(8-12(17)18)11-4-3-9(16(19)20)7-10(11)13/h3-4,7H,5-6,8H2,1-2H3,(H,17,18). The van der Waals surface area contributed by atoms with Crippen LogP contribution in [0.1, 0.15) is 0 Å². The molecule has 1 rings (SSSR count). The van der Waals surface area contributed by atoms with Gasteiger partial charge in [0.15, 0.2) is 0 Å². The maximum atomic E-state index is 10.9. The Labute approximate surface area is 130 Å². The lowest BCUT2D eigenvalue weighted by Gasteiger charge is -2.25. The van der Waals surface area contributed by atoms with E-state index in [9.17, 15) is 14.9 Å². The van der Waals surface area contributed by atoms with Crippen molar-refractivity contribution in [2.45, 2.75) is 0 Å². The number of carboxylic acids is 1. The molecule has 0 fully saturated rings. The number of rotatable bonds is 7. The van der Waals surface area contributed by atoms with E-state index in [0.717, 1.165) is 0 Å². The minimum atomic E-state index is -0.932. The highest BCUT2D eigenvalue weighted by Crippen LogP contribution is 2.26. The van der Waals surface area contributed by atoms with Gasteiger partial charge in [-0.05, 0) is 42.8 Å². The Balaban J connectivity index is 3.00. The normalized spacial score (nSPS) is 10.6. The van der Waals surface area contributed by atoms with Crippen LogP contribution in [-0.2, 0) is 4.79 Å². The SMILES string of the molecule is CN(C)CCN(CC(=O)O)c1ccc([N+](=O)[O-])cc1I. The van der Waals surface area contributed by atoms with Crippen LogP contribution >= 0.6 is 22.6 Å². The number of nitro benzene ring substituents is 1. The third kappa shape index (κ3) is 4.93. The van der Waals surface area contributed by atoms with Crippen LogP contribution in [0.5, 0.6) is 0 Å². The number of non-ortho nitro benzene ring substituents is 1. The van der Waals surface area contributed by atoms with Crippen LogP contribution in [0.25, 0.3) is 0 Å². The molecular weight excluding hydrogens is 377 g/mol. The van der Waals surface area contributed by atoms with Gasteiger partial charge < -0.3 is 14.9 Å². The van der Waals surface area contributed by atoms with E-state index in [1.807, 2.05) is 41.6 Å². The van der Waals surface area contributed by atoms with E-state index >= 15 is 0 Å². The van der Waals surface area contributed by atoms with Gasteiger partial charge in [0, 0.05) is 28.8 Å². The highest BCUT2D eigenvalue weighted by atomic mass is 127. The number of benzene rings is 1. The number of halogens is 1. The van der Waals surface area contributed by atoms with E-state index in [1.54, 1.807) is 11.0 Å². The fraction of sp³-hybridized carbons (Fsp3) is 0.417. The van der Waals surface area contributed by atoms with Gasteiger partial charge in [0.1, 0.15) is 6.54 Å². The summed E-state index contributed by atoms with van der Waals surface area (Å²) in [6.45, 7) is 1.09. The average molecular weight is 393 g/mol. The van der Waals surface area contributed by atoms with Crippen LogP contribution in [0.15, 0.2) is 18.2 Å². The number of anilines is 1. The molecule has 110 valence electrons. The van der Waals surface area contributed by atoms with Crippen LogP contribution in [0, 0.1) is 13.7 Å². The van der Waals surface area contributed by atoms with Gasteiger partial charge in [-0.3, -0.25) is 14.9 Å². The number of hydrogen-bond donors (Lipinski definition) is 1. The molecule has 0 spiro atoms. The largest absolute Gasteiger partial charge is 0.480 e. The fourth-order valence-electron chi connectivity index (χ4n) is 1.63. The number of likely N-dealkylation sites (N-methyl/N-ethyl adjacent to an activating group) is 1. The average Bonchev–Trinajstić information content (AvgIpc) is 2.33. The van der Waals surface area contributed by atoms with Crippen molar-refractivity contribution < 1.29 is 14.8 Å². The van der Waals surface area contributed by atoms with Gasteiger partial charge in [-0.25, -0.2) is 0 Å². The monoisotopic (exact) mass is 393 g/mol. The zero-order valence-electron chi connectivity index (χ0n) is 11.2. The molecule has 0 aliphatic rings. The summed E-state index contributed by atoms with van der Waals surface area (Å²) in [6, 6.07) is 4.43. The van der Waals surface area contributed by atoms with Crippen molar-refractivity contribution >= 4 is 39.9 Å². The highest BCUT2D eigenvalue weighted by molar-refractivity contribution is 14.1. The molecule has 0 heterocycles. The molecular formula is C12H16IN3O4. The van der Waals surface area contributed by atoms with E-state index in [1.165, 1.54) is 12.1 Å². The predicted octanol–water partition coefficient (Wildman–Crippen LogP) is 1.65. The van der Waals surface area contributed by atoms with Gasteiger partial charge in [-0.2, -0.15) is 0 Å². The molecule has 0 aliphatic carbocycles. The molecule has 0 saturated carbocycles. The minimum Gasteiger partial charge on any atom is -0.480 e. The first-order valence-corrected chi connectivity index (χ1v) is 6.94. The first kappa shape index (κ1) is 16.6. The summed E-state index contributed by atoms with van der Waals surface area (Å²) < 4.78 is 0.664. The van der Waals surface area contributed by atoms with Gasteiger partial charge in [-0.1, -0.05) is 0 Å². The molecule has 0 bridgehead atoms. The fourth-order valence-corrected chi connectivity index (χ4v) is 2.47. The zero-order chi connectivity index (χ0) is 15.3. The summed E-state index contributed by atoms with van der Waals surface area (Å²) >= 11 is 1.99. The van der Waals surface area contributed by atoms with Gasteiger partial charge in [0.25, 0.3) is 5.69 Å². The first-order chi connectivity index (χ1) is 9.31. The van der Waals surface area contributed by atoms with Crippen molar-refractivity contribution in [2.75, 3.05) is 38.6 Å². The summed E-state index contributed by atoms with van der Waals surface area (Å²) in [6.07, 6.45) is 0. The molecule has 7 nitrogen and oxygen atoms in total. The second kappa shape index (κ2) is 7.39. The van der Waals surface area contributed by atoms with Crippen molar-refractivity contribution in [1.29, 1.82) is 0 Å². The molecule has 1 aromatic carbocycles. The Morgan fingerprint density at radius 3 is 2.50 bits per heavy atom. The maximum Gasteiger partial charge on any atom is 0.323 e. The second-order valence-electron chi connectivity index (χ2n) is 4.51. The van der Waals surface area contributed by atoms with Crippen LogP contribution in [-0.4, -0.2) is 54.6 Å². The Bertz CT molecular complexity index is 507. The number of nitro groups is 1. The van der Waals surface area contributed by atoms with Gasteiger partial charge in [0.05, 0.1) is 10.6 Å². The minimum absolute atomic E-state index is 0.000958. The van der Waals surface area contributed by atoms with Crippen LogP contribution in [0.2, 0.25) is 0 Å². The number of carbonyl (C=O) groups is 1. The molecule has 0 saturated heterocycles. The zero-order valence-corrected chi connectivity index (χ0v) is 13.4. The first-order valence-electron chi connectivity index (χ1n) is 5.86. The third-order valence-electron chi connectivity index (χ3n) is 2.63. The molecule has 8 heteroatoms. The molecule has 1 N–H and O–H groups in total. The van der Waals surface area contributed by atoms with Gasteiger partial charge >= 0.3 is 5.97 Å². The van der Waals surface area contributed by atoms with Crippen molar-refractivity contribution in [3.05, 3.63) is 31.9 Å². The van der Waals surface area contributed by atoms with E-state index in [-0.39, 0.29) is 12.2 Å². The summed E-state index contributed by atoms with van der Waals surface area (Å²) in [5.74, 6) is -0.932. The lowest BCUT2D eigenvalue weighted by molar-refractivity contribution is -0.384. The van der Waals surface area contributed by atoms with E-state index in [0.29, 0.717) is 22.3 Å². The van der Waals surface area contributed by atoms with E-state index < -0.39 is 10.9 Å². The van der Waals surface area contributed by atoms with Crippen molar-refractivity contribution in [2.24, 2.45) is 0 Å². The molecule has 0 unspecified atom stereocenters. The molecule has 0 amide bonds. The number of aliphatic carboxylic acids is 1. The highest BCUT2D eigenvalue weighted by Gasteiger charge is 2.16. The van der Waals surface area contributed by atoms with Crippen molar-refractivity contribution in [3.8, 4) is 0 Å². The molecule has 1 aromatic rings. The van der Waals surface area contributed by atoms with Crippen molar-refractivity contribution in [3.63, 3.8) is 0 Å². The predicted molar refractivity (Wildman–Crippen MR) is 84.2 cm³/mol. The molecule has 0 aliphatic heterocycles. The molecule has 0 atom stereocenters. The van der Waals surface area contributed by atoms with Crippen LogP contribution < -0.4 is 4.90 Å². The number of nitrogens with zero attached hydrogens (tertiary/aromatic N) is 3. The summed E-state index contributed by atoms with van der Waals surface area (Å²) in [4.78, 5) is 24.9. The quantitative estimate of drug-likeness (QED) is 0.431. The summed E-state index contributed by atoms with van der Waals surface area (Å²) in [7, 11) is 3.81. The van der Waals surface area contributed by atoms with Gasteiger partial charge in [0.2, 0.25) is 0 Å². The Morgan fingerprint density at radius 2 is 2.05 bits per heavy atom. The number of hydrogen-bond acceptors (Lipinski definition) is 5. The molecule has 0 radical (unpaired) electrons. The smallest absolute Gasteiger partial charge is 0.323 e. The lowest BCUT2D eigenvalue weighted by atomic mass is 10.2. The Morgan fingerprint density at radius 1 is 1.40 bits per heavy atom. The van der Waals surface area contributed by atoms with Crippen LogP contribution in [0.3, 0.4) is 0 Å². The lowest BCUT2D eigenvalue weighted by Crippen LogP contribution is -2.36. The molecule has 0 aromatic heterocycles. The van der Waals surface area contributed by atoms with Crippen molar-refractivity contribution in [1.82, 2.24) is 4.90 Å². The maximum absolute atomic E-state index is 10.9. The Hall–Kier alpha value is -1.42. The third-order valence-corrected chi connectivity index (χ3v) is 3.49. The number of carboxylic acid groups (broad SMARTS) is 1. The second-order valence-corrected chi connectivity index (χ2v) is 5.67. The van der Waals surface area contributed by atoms with Crippen LogP contribution in [0.4, 0.5) is 11.4 Å².